The van der Waals surface area contributed by atoms with Gasteiger partial charge in [0.15, 0.2) is 0 Å². The van der Waals surface area contributed by atoms with E-state index in [1.54, 1.807) is 11.3 Å². The fourth-order valence-electron chi connectivity index (χ4n) is 2.05. The minimum atomic E-state index is 0.233. The van der Waals surface area contributed by atoms with Crippen LogP contribution in [0.1, 0.15) is 30.6 Å². The Morgan fingerprint density at radius 1 is 1.35 bits per heavy atom. The van der Waals surface area contributed by atoms with Crippen LogP contribution in [0.2, 0.25) is 0 Å². The first kappa shape index (κ1) is 12.5. The van der Waals surface area contributed by atoms with Crippen LogP contribution in [0.25, 0.3) is 0 Å². The van der Waals surface area contributed by atoms with Crippen LogP contribution in [-0.4, -0.2) is 35.4 Å². The first-order chi connectivity index (χ1) is 8.36. The van der Waals surface area contributed by atoms with Crippen molar-refractivity contribution in [1.29, 1.82) is 0 Å². The van der Waals surface area contributed by atoms with Crippen molar-refractivity contribution >= 4 is 17.2 Å². The van der Waals surface area contributed by atoms with Gasteiger partial charge < -0.3 is 10.2 Å². The van der Waals surface area contributed by atoms with E-state index < -0.39 is 0 Å². The Kier molecular flexibility index (Phi) is 4.94. The smallest absolute Gasteiger partial charge is 0.236 e. The molecule has 0 bridgehead atoms. The predicted molar refractivity (Wildman–Crippen MR) is 68.9 cm³/mol. The van der Waals surface area contributed by atoms with Crippen molar-refractivity contribution in [2.24, 2.45) is 0 Å². The first-order valence-electron chi connectivity index (χ1n) is 6.22. The van der Waals surface area contributed by atoms with Gasteiger partial charge in [-0.25, -0.2) is 0 Å². The third-order valence-corrected chi connectivity index (χ3v) is 3.80. The lowest BCUT2D eigenvalue weighted by Gasteiger charge is -2.20. The van der Waals surface area contributed by atoms with Crippen LogP contribution in [0.4, 0.5) is 0 Å². The highest BCUT2D eigenvalue weighted by Crippen LogP contribution is 2.09. The molecule has 0 aromatic carbocycles. The van der Waals surface area contributed by atoms with Crippen molar-refractivity contribution in [2.75, 3.05) is 19.6 Å². The lowest BCUT2D eigenvalue weighted by molar-refractivity contribution is -0.130. The topological polar surface area (TPSA) is 45.2 Å². The summed E-state index contributed by atoms with van der Waals surface area (Å²) in [5.74, 6) is 0.233. The molecule has 4 nitrogen and oxygen atoms in total. The van der Waals surface area contributed by atoms with Crippen LogP contribution in [0.3, 0.4) is 0 Å². The molecule has 0 saturated carbocycles. The van der Waals surface area contributed by atoms with Crippen LogP contribution >= 0.6 is 11.3 Å². The quantitative estimate of drug-likeness (QED) is 0.887. The van der Waals surface area contributed by atoms with E-state index in [2.05, 4.69) is 10.3 Å². The number of carbonyl (C=O) groups is 1. The van der Waals surface area contributed by atoms with E-state index in [9.17, 15) is 4.79 Å². The van der Waals surface area contributed by atoms with Crippen LogP contribution in [0.15, 0.2) is 11.7 Å². The minimum Gasteiger partial charge on any atom is -0.342 e. The second-order valence-electron chi connectivity index (χ2n) is 4.37. The number of hydrogen-bond acceptors (Lipinski definition) is 4. The number of hydrogen-bond donors (Lipinski definition) is 1. The van der Waals surface area contributed by atoms with Gasteiger partial charge in [-0.3, -0.25) is 9.78 Å². The zero-order valence-corrected chi connectivity index (χ0v) is 10.8. The van der Waals surface area contributed by atoms with Gasteiger partial charge in [0.05, 0.1) is 12.1 Å². The summed E-state index contributed by atoms with van der Waals surface area (Å²) in [7, 11) is 0. The molecule has 0 aliphatic carbocycles. The molecule has 0 radical (unpaired) electrons. The Hall–Kier alpha value is -0.940. The Labute approximate surface area is 106 Å². The van der Waals surface area contributed by atoms with Gasteiger partial charge >= 0.3 is 0 Å². The maximum atomic E-state index is 11.9. The number of thiazole rings is 1. The number of aromatic nitrogens is 1. The van der Waals surface area contributed by atoms with Crippen molar-refractivity contribution < 1.29 is 4.79 Å². The first-order valence-corrected chi connectivity index (χ1v) is 7.10. The van der Waals surface area contributed by atoms with Crippen molar-refractivity contribution in [3.05, 3.63) is 16.6 Å². The molecular weight excluding hydrogens is 234 g/mol. The molecule has 2 heterocycles. The van der Waals surface area contributed by atoms with Gasteiger partial charge in [-0.1, -0.05) is 12.8 Å². The minimum absolute atomic E-state index is 0.233. The molecule has 1 amide bonds. The van der Waals surface area contributed by atoms with Gasteiger partial charge in [-0.2, -0.15) is 0 Å². The molecule has 1 aliphatic rings. The van der Waals surface area contributed by atoms with Crippen molar-refractivity contribution in [3.63, 3.8) is 0 Å². The van der Waals surface area contributed by atoms with Crippen LogP contribution < -0.4 is 5.32 Å². The molecule has 1 aromatic rings. The fourth-order valence-corrected chi connectivity index (χ4v) is 2.62. The van der Waals surface area contributed by atoms with E-state index >= 15 is 0 Å². The van der Waals surface area contributed by atoms with E-state index in [0.29, 0.717) is 6.54 Å². The summed E-state index contributed by atoms with van der Waals surface area (Å²) in [6, 6.07) is 0. The van der Waals surface area contributed by atoms with Crippen molar-refractivity contribution in [2.45, 2.75) is 32.2 Å². The maximum absolute atomic E-state index is 11.9. The number of rotatable bonds is 4. The fraction of sp³-hybridized carbons (Fsp3) is 0.667. The number of amides is 1. The molecule has 5 heteroatoms. The van der Waals surface area contributed by atoms with Crippen molar-refractivity contribution in [3.8, 4) is 0 Å². The SMILES string of the molecule is O=C(CNCc1cncs1)N1CCCCCC1. The second-order valence-corrected chi connectivity index (χ2v) is 5.34. The van der Waals surface area contributed by atoms with E-state index in [-0.39, 0.29) is 5.91 Å². The highest BCUT2D eigenvalue weighted by Gasteiger charge is 2.14. The number of nitrogens with one attached hydrogen (secondary N) is 1. The van der Waals surface area contributed by atoms with Gasteiger partial charge in [0.2, 0.25) is 5.91 Å². The van der Waals surface area contributed by atoms with E-state index in [0.717, 1.165) is 32.5 Å². The van der Waals surface area contributed by atoms with E-state index in [1.165, 1.54) is 17.7 Å². The Bertz CT molecular complexity index is 332. The third kappa shape index (κ3) is 4.09. The van der Waals surface area contributed by atoms with Gasteiger partial charge in [0.1, 0.15) is 0 Å². The number of likely N-dealkylation sites (tertiary alicyclic amines) is 1. The summed E-state index contributed by atoms with van der Waals surface area (Å²) < 4.78 is 0. The predicted octanol–water partition coefficient (Wildman–Crippen LogP) is 1.64. The average molecular weight is 253 g/mol. The summed E-state index contributed by atoms with van der Waals surface area (Å²) in [6.07, 6.45) is 6.67. The molecular formula is C12H19N3OS. The average Bonchev–Trinajstić information content (AvgIpc) is 2.69. The van der Waals surface area contributed by atoms with Gasteiger partial charge in [-0.05, 0) is 12.8 Å². The summed E-state index contributed by atoms with van der Waals surface area (Å²) in [6.45, 7) is 3.05. The molecule has 2 rings (SSSR count). The third-order valence-electron chi connectivity index (χ3n) is 3.02. The Balaban J connectivity index is 1.69. The molecule has 1 aromatic heterocycles. The zero-order chi connectivity index (χ0) is 11.9. The standard InChI is InChI=1S/C12H19N3OS/c16-12(15-5-3-1-2-4-6-15)9-13-7-11-8-14-10-17-11/h8,10,13H,1-7,9H2. The Morgan fingerprint density at radius 3 is 2.76 bits per heavy atom. The molecule has 0 atom stereocenters. The van der Waals surface area contributed by atoms with E-state index in [4.69, 9.17) is 0 Å². The second kappa shape index (κ2) is 6.71. The monoisotopic (exact) mass is 253 g/mol. The molecule has 1 N–H and O–H groups in total. The van der Waals surface area contributed by atoms with Gasteiger partial charge in [-0.15, -0.1) is 11.3 Å². The van der Waals surface area contributed by atoms with Crippen molar-refractivity contribution in [1.82, 2.24) is 15.2 Å². The lowest BCUT2D eigenvalue weighted by Crippen LogP contribution is -2.38. The number of carbonyl (C=O) groups excluding carboxylic acids is 1. The molecule has 1 aliphatic heterocycles. The largest absolute Gasteiger partial charge is 0.342 e. The molecule has 1 fully saturated rings. The van der Waals surface area contributed by atoms with E-state index in [1.807, 2.05) is 16.6 Å². The van der Waals surface area contributed by atoms with Crippen LogP contribution in [0.5, 0.6) is 0 Å². The summed E-state index contributed by atoms with van der Waals surface area (Å²) >= 11 is 1.61. The highest BCUT2D eigenvalue weighted by atomic mass is 32.1. The lowest BCUT2D eigenvalue weighted by atomic mass is 10.2. The molecule has 0 unspecified atom stereocenters. The highest BCUT2D eigenvalue weighted by molar-refractivity contribution is 7.09. The van der Waals surface area contributed by atoms with Crippen LogP contribution in [-0.2, 0) is 11.3 Å². The maximum Gasteiger partial charge on any atom is 0.236 e. The summed E-state index contributed by atoms with van der Waals surface area (Å²) in [4.78, 5) is 19.1. The molecule has 1 saturated heterocycles. The van der Waals surface area contributed by atoms with Crippen LogP contribution in [0, 0.1) is 0 Å². The summed E-state index contributed by atoms with van der Waals surface area (Å²) in [5.41, 5.74) is 1.81. The molecule has 94 valence electrons. The molecule has 17 heavy (non-hydrogen) atoms. The Morgan fingerprint density at radius 2 is 2.12 bits per heavy atom. The van der Waals surface area contributed by atoms with Gasteiger partial charge in [0.25, 0.3) is 0 Å². The summed E-state index contributed by atoms with van der Waals surface area (Å²) in [5, 5.41) is 3.18. The number of nitrogens with zero attached hydrogens (tertiary/aromatic N) is 2. The molecule has 0 spiro atoms. The zero-order valence-electron chi connectivity index (χ0n) is 10.0. The normalized spacial score (nSPS) is 16.8. The van der Waals surface area contributed by atoms with Gasteiger partial charge in [0, 0.05) is 30.7 Å².